The van der Waals surface area contributed by atoms with Gasteiger partial charge in [0, 0.05) is 33.7 Å². The van der Waals surface area contributed by atoms with E-state index in [0.29, 0.717) is 18.0 Å². The number of carbonyl (C=O) groups is 1. The maximum Gasteiger partial charge on any atom is 0.164 e. The fraction of sp³-hybridized carbons (Fsp3) is 0.133. The van der Waals surface area contributed by atoms with E-state index < -0.39 is 0 Å². The van der Waals surface area contributed by atoms with Gasteiger partial charge in [0.25, 0.3) is 0 Å². The second-order valence-electron chi connectivity index (χ2n) is 4.12. The molecule has 0 aliphatic rings. The van der Waals surface area contributed by atoms with E-state index >= 15 is 0 Å². The fourth-order valence-electron chi connectivity index (χ4n) is 1.70. The molecule has 0 heterocycles. The summed E-state index contributed by atoms with van der Waals surface area (Å²) in [6.45, 7) is 0.592. The minimum atomic E-state index is 0.127. The van der Waals surface area contributed by atoms with Crippen LogP contribution >= 0.6 is 27.5 Å². The number of halogens is 2. The van der Waals surface area contributed by atoms with Crippen LogP contribution < -0.4 is 5.32 Å². The summed E-state index contributed by atoms with van der Waals surface area (Å²) in [7, 11) is 0. The Kier molecular flexibility index (Phi) is 5.00. The molecule has 2 nitrogen and oxygen atoms in total. The number of anilines is 1. The Labute approximate surface area is 125 Å². The lowest BCUT2D eigenvalue weighted by Gasteiger charge is -2.06. The van der Waals surface area contributed by atoms with E-state index in [2.05, 4.69) is 21.2 Å². The van der Waals surface area contributed by atoms with Crippen molar-refractivity contribution >= 4 is 39.0 Å². The lowest BCUT2D eigenvalue weighted by molar-refractivity contribution is 0.0986. The fourth-order valence-corrected chi connectivity index (χ4v) is 2.15. The molecule has 0 aromatic heterocycles. The third-order valence-electron chi connectivity index (χ3n) is 2.67. The van der Waals surface area contributed by atoms with Gasteiger partial charge in [-0.05, 0) is 30.3 Å². The van der Waals surface area contributed by atoms with Crippen LogP contribution in [0.3, 0.4) is 0 Å². The van der Waals surface area contributed by atoms with Crippen LogP contribution in [0.1, 0.15) is 16.8 Å². The van der Waals surface area contributed by atoms with Crippen molar-refractivity contribution in [2.45, 2.75) is 6.42 Å². The Morgan fingerprint density at radius 3 is 2.58 bits per heavy atom. The van der Waals surface area contributed by atoms with Gasteiger partial charge in [0.2, 0.25) is 0 Å². The van der Waals surface area contributed by atoms with Crippen molar-refractivity contribution in [1.82, 2.24) is 0 Å². The summed E-state index contributed by atoms with van der Waals surface area (Å²) in [6.07, 6.45) is 0.453. The second kappa shape index (κ2) is 6.73. The molecule has 0 spiro atoms. The SMILES string of the molecule is O=C(CCNc1cccc(Cl)c1)c1ccc(Br)cc1. The van der Waals surface area contributed by atoms with E-state index in [4.69, 9.17) is 11.6 Å². The molecule has 0 bridgehead atoms. The highest BCUT2D eigenvalue weighted by Crippen LogP contribution is 2.15. The minimum absolute atomic E-state index is 0.127. The molecule has 0 saturated heterocycles. The molecular weight excluding hydrogens is 326 g/mol. The van der Waals surface area contributed by atoms with Gasteiger partial charge in [0.1, 0.15) is 0 Å². The van der Waals surface area contributed by atoms with Gasteiger partial charge in [-0.2, -0.15) is 0 Å². The number of carbonyl (C=O) groups excluding carboxylic acids is 1. The van der Waals surface area contributed by atoms with Crippen LogP contribution in [0.25, 0.3) is 0 Å². The first-order valence-electron chi connectivity index (χ1n) is 5.93. The van der Waals surface area contributed by atoms with Gasteiger partial charge in [-0.15, -0.1) is 0 Å². The van der Waals surface area contributed by atoms with E-state index in [1.165, 1.54) is 0 Å². The first-order chi connectivity index (χ1) is 9.15. The molecule has 0 atom stereocenters. The molecule has 19 heavy (non-hydrogen) atoms. The van der Waals surface area contributed by atoms with E-state index in [9.17, 15) is 4.79 Å². The molecule has 0 aliphatic carbocycles. The van der Waals surface area contributed by atoms with Crippen LogP contribution in [0.15, 0.2) is 53.0 Å². The van der Waals surface area contributed by atoms with Crippen LogP contribution in [0.5, 0.6) is 0 Å². The summed E-state index contributed by atoms with van der Waals surface area (Å²) in [5.41, 5.74) is 1.66. The van der Waals surface area contributed by atoms with E-state index in [1.807, 2.05) is 48.5 Å². The van der Waals surface area contributed by atoms with Crippen molar-refractivity contribution in [1.29, 1.82) is 0 Å². The van der Waals surface area contributed by atoms with Crippen molar-refractivity contribution < 1.29 is 4.79 Å². The molecule has 0 unspecified atom stereocenters. The number of benzene rings is 2. The molecule has 2 rings (SSSR count). The van der Waals surface area contributed by atoms with Gasteiger partial charge in [0.05, 0.1) is 0 Å². The first-order valence-corrected chi connectivity index (χ1v) is 7.10. The molecule has 0 saturated carbocycles. The second-order valence-corrected chi connectivity index (χ2v) is 5.47. The monoisotopic (exact) mass is 337 g/mol. The third-order valence-corrected chi connectivity index (χ3v) is 3.44. The van der Waals surface area contributed by atoms with Crippen LogP contribution in [-0.4, -0.2) is 12.3 Å². The van der Waals surface area contributed by atoms with Crippen LogP contribution in [0.2, 0.25) is 5.02 Å². The Balaban J connectivity index is 1.86. The third kappa shape index (κ3) is 4.37. The van der Waals surface area contributed by atoms with Crippen molar-refractivity contribution in [3.05, 3.63) is 63.6 Å². The predicted octanol–water partition coefficient (Wildman–Crippen LogP) is 4.79. The zero-order valence-electron chi connectivity index (χ0n) is 10.2. The summed E-state index contributed by atoms with van der Waals surface area (Å²) >= 11 is 9.23. The highest BCUT2D eigenvalue weighted by molar-refractivity contribution is 9.10. The van der Waals surface area contributed by atoms with E-state index in [1.54, 1.807) is 0 Å². The molecule has 0 aliphatic heterocycles. The van der Waals surface area contributed by atoms with Gasteiger partial charge in [-0.25, -0.2) is 0 Å². The van der Waals surface area contributed by atoms with Gasteiger partial charge in [-0.1, -0.05) is 45.7 Å². The topological polar surface area (TPSA) is 29.1 Å². The van der Waals surface area contributed by atoms with Crippen molar-refractivity contribution in [3.8, 4) is 0 Å². The molecule has 2 aromatic rings. The summed E-state index contributed by atoms with van der Waals surface area (Å²) in [4.78, 5) is 11.9. The van der Waals surface area contributed by atoms with Gasteiger partial charge >= 0.3 is 0 Å². The quantitative estimate of drug-likeness (QED) is 0.794. The summed E-state index contributed by atoms with van der Waals surface area (Å²) < 4.78 is 0.973. The van der Waals surface area contributed by atoms with Crippen LogP contribution in [-0.2, 0) is 0 Å². The lowest BCUT2D eigenvalue weighted by atomic mass is 10.1. The molecule has 2 aromatic carbocycles. The van der Waals surface area contributed by atoms with Gasteiger partial charge < -0.3 is 5.32 Å². The molecule has 0 amide bonds. The molecule has 0 radical (unpaired) electrons. The summed E-state index contributed by atoms with van der Waals surface area (Å²) in [5.74, 6) is 0.127. The highest BCUT2D eigenvalue weighted by atomic mass is 79.9. The Hall–Kier alpha value is -1.32. The molecule has 98 valence electrons. The first kappa shape index (κ1) is 14.1. The predicted molar refractivity (Wildman–Crippen MR) is 83.0 cm³/mol. The number of rotatable bonds is 5. The average Bonchev–Trinajstić information content (AvgIpc) is 2.39. The average molecular weight is 339 g/mol. The molecule has 1 N–H and O–H groups in total. The normalized spacial score (nSPS) is 10.2. The standard InChI is InChI=1S/C15H13BrClNO/c16-12-6-4-11(5-7-12)15(19)8-9-18-14-3-1-2-13(17)10-14/h1-7,10,18H,8-9H2. The van der Waals surface area contributed by atoms with Gasteiger partial charge in [0.15, 0.2) is 5.78 Å². The summed E-state index contributed by atoms with van der Waals surface area (Å²) in [6, 6.07) is 14.9. The smallest absolute Gasteiger partial charge is 0.164 e. The zero-order chi connectivity index (χ0) is 13.7. The number of nitrogens with one attached hydrogen (secondary N) is 1. The Morgan fingerprint density at radius 1 is 1.16 bits per heavy atom. The number of hydrogen-bond donors (Lipinski definition) is 1. The zero-order valence-corrected chi connectivity index (χ0v) is 12.5. The largest absolute Gasteiger partial charge is 0.385 e. The highest BCUT2D eigenvalue weighted by Gasteiger charge is 2.05. The lowest BCUT2D eigenvalue weighted by Crippen LogP contribution is -2.08. The minimum Gasteiger partial charge on any atom is -0.385 e. The molecule has 0 fully saturated rings. The van der Waals surface area contributed by atoms with Crippen LogP contribution in [0.4, 0.5) is 5.69 Å². The van der Waals surface area contributed by atoms with Crippen LogP contribution in [0, 0.1) is 0 Å². The Morgan fingerprint density at radius 2 is 1.89 bits per heavy atom. The number of hydrogen-bond acceptors (Lipinski definition) is 2. The number of ketones is 1. The van der Waals surface area contributed by atoms with Crippen molar-refractivity contribution in [2.24, 2.45) is 0 Å². The molecular formula is C15H13BrClNO. The Bertz CT molecular complexity index is 569. The van der Waals surface area contributed by atoms with Crippen molar-refractivity contribution in [3.63, 3.8) is 0 Å². The number of Topliss-reactive ketones (excluding diaryl/α,β-unsaturated/α-hetero) is 1. The van der Waals surface area contributed by atoms with E-state index in [-0.39, 0.29) is 5.78 Å². The maximum absolute atomic E-state index is 11.9. The molecule has 4 heteroatoms. The van der Waals surface area contributed by atoms with Gasteiger partial charge in [-0.3, -0.25) is 4.79 Å². The van der Waals surface area contributed by atoms with Crippen molar-refractivity contribution in [2.75, 3.05) is 11.9 Å². The maximum atomic E-state index is 11.9. The summed E-state index contributed by atoms with van der Waals surface area (Å²) in [5, 5.41) is 3.87. The van der Waals surface area contributed by atoms with E-state index in [0.717, 1.165) is 15.7 Å².